The van der Waals surface area contributed by atoms with Gasteiger partial charge in [0.05, 0.1) is 16.8 Å². The molecule has 2 aromatic carbocycles. The summed E-state index contributed by atoms with van der Waals surface area (Å²) in [5, 5.41) is 2.58. The fourth-order valence-corrected chi connectivity index (χ4v) is 3.08. The van der Waals surface area contributed by atoms with E-state index in [4.69, 9.17) is 10.5 Å². The molecule has 1 aromatic heterocycles. The minimum atomic E-state index is -1.17. The number of carbonyl (C=O) groups is 3. The normalized spacial score (nSPS) is 11.9. The number of nitrogens with zero attached hydrogens (tertiary/aromatic N) is 1. The zero-order chi connectivity index (χ0) is 21.8. The number of nitrogens with one attached hydrogen (secondary N) is 1. The average Bonchev–Trinajstić information content (AvgIpc) is 2.70. The maximum absolute atomic E-state index is 13.1. The number of fused-ring (bicyclic) bond motifs is 1. The molecule has 3 amide bonds. The number of esters is 1. The molecule has 0 saturated carbocycles. The van der Waals surface area contributed by atoms with Crippen molar-refractivity contribution in [1.82, 2.24) is 10.3 Å². The predicted molar refractivity (Wildman–Crippen MR) is 114 cm³/mol. The van der Waals surface area contributed by atoms with Crippen LogP contribution in [0.2, 0.25) is 0 Å². The van der Waals surface area contributed by atoms with Crippen molar-refractivity contribution in [3.63, 3.8) is 0 Å². The number of hydrogen-bond acceptors (Lipinski definition) is 5. The number of benzene rings is 2. The number of ether oxygens (including phenoxy) is 1. The number of hydrogen-bond donors (Lipinski definition) is 2. The second kappa shape index (κ2) is 8.73. The first-order valence-electron chi connectivity index (χ1n) is 9.54. The Labute approximate surface area is 174 Å². The molecule has 7 heteroatoms. The van der Waals surface area contributed by atoms with E-state index in [1.807, 2.05) is 48.6 Å². The molecule has 0 fully saturated rings. The van der Waals surface area contributed by atoms with Crippen molar-refractivity contribution in [1.29, 1.82) is 0 Å². The number of amides is 3. The van der Waals surface area contributed by atoms with E-state index >= 15 is 0 Å². The number of rotatable bonds is 5. The topological polar surface area (TPSA) is 111 Å². The van der Waals surface area contributed by atoms with Gasteiger partial charge in [-0.05, 0) is 25.0 Å². The van der Waals surface area contributed by atoms with Gasteiger partial charge in [-0.1, -0.05) is 61.9 Å². The maximum atomic E-state index is 13.1. The molecule has 0 aliphatic rings. The SMILES string of the molecule is Cc1ccc(-c2cc(C(=O)O[C@@H](C(=O)NC(N)=O)C(C)C)c3ccccc3n2)cc1. The molecular formula is C23H23N3O4. The molecule has 0 bridgehead atoms. The van der Waals surface area contributed by atoms with E-state index in [1.165, 1.54) is 0 Å². The highest BCUT2D eigenvalue weighted by Crippen LogP contribution is 2.26. The number of carbonyl (C=O) groups excluding carboxylic acids is 3. The Bertz CT molecular complexity index is 1110. The smallest absolute Gasteiger partial charge is 0.339 e. The van der Waals surface area contributed by atoms with Gasteiger partial charge >= 0.3 is 12.0 Å². The van der Waals surface area contributed by atoms with Gasteiger partial charge in [-0.3, -0.25) is 10.1 Å². The number of urea groups is 1. The molecule has 0 saturated heterocycles. The van der Waals surface area contributed by atoms with Crippen molar-refractivity contribution in [3.05, 3.63) is 65.7 Å². The fraction of sp³-hybridized carbons (Fsp3) is 0.217. The third-order valence-corrected chi connectivity index (χ3v) is 4.63. The number of para-hydroxylation sites is 1. The van der Waals surface area contributed by atoms with E-state index in [0.717, 1.165) is 11.1 Å². The molecule has 3 rings (SSSR count). The predicted octanol–water partition coefficient (Wildman–Crippen LogP) is 3.59. The Morgan fingerprint density at radius 2 is 1.70 bits per heavy atom. The monoisotopic (exact) mass is 405 g/mol. The van der Waals surface area contributed by atoms with E-state index < -0.39 is 24.0 Å². The maximum Gasteiger partial charge on any atom is 0.339 e. The van der Waals surface area contributed by atoms with Crippen molar-refractivity contribution in [2.45, 2.75) is 26.9 Å². The van der Waals surface area contributed by atoms with Crippen molar-refractivity contribution < 1.29 is 19.1 Å². The minimum Gasteiger partial charge on any atom is -0.448 e. The van der Waals surface area contributed by atoms with Crippen molar-refractivity contribution in [3.8, 4) is 11.3 Å². The van der Waals surface area contributed by atoms with Gasteiger partial charge in [-0.25, -0.2) is 14.6 Å². The second-order valence-electron chi connectivity index (χ2n) is 7.36. The highest BCUT2D eigenvalue weighted by atomic mass is 16.5. The molecule has 0 unspecified atom stereocenters. The summed E-state index contributed by atoms with van der Waals surface area (Å²) in [6.07, 6.45) is -1.17. The summed E-state index contributed by atoms with van der Waals surface area (Å²) >= 11 is 0. The molecule has 3 N–H and O–H groups in total. The average molecular weight is 405 g/mol. The van der Waals surface area contributed by atoms with Crippen LogP contribution in [0.4, 0.5) is 4.79 Å². The molecule has 30 heavy (non-hydrogen) atoms. The number of primary amides is 1. The molecule has 0 aliphatic heterocycles. The lowest BCUT2D eigenvalue weighted by molar-refractivity contribution is -0.130. The summed E-state index contributed by atoms with van der Waals surface area (Å²) < 4.78 is 5.49. The summed E-state index contributed by atoms with van der Waals surface area (Å²) in [6, 6.07) is 15.6. The van der Waals surface area contributed by atoms with Crippen LogP contribution in [0.15, 0.2) is 54.6 Å². The van der Waals surface area contributed by atoms with Crippen molar-refractivity contribution in [2.75, 3.05) is 0 Å². The largest absolute Gasteiger partial charge is 0.448 e. The molecular weight excluding hydrogens is 382 g/mol. The Morgan fingerprint density at radius 1 is 1.03 bits per heavy atom. The van der Waals surface area contributed by atoms with Gasteiger partial charge in [-0.15, -0.1) is 0 Å². The Morgan fingerprint density at radius 3 is 2.33 bits per heavy atom. The summed E-state index contributed by atoms with van der Waals surface area (Å²) in [4.78, 5) is 41.0. The van der Waals surface area contributed by atoms with Crippen molar-refractivity contribution in [2.24, 2.45) is 11.7 Å². The summed E-state index contributed by atoms with van der Waals surface area (Å²) in [5.74, 6) is -1.80. The zero-order valence-corrected chi connectivity index (χ0v) is 17.0. The lowest BCUT2D eigenvalue weighted by Gasteiger charge is -2.20. The number of aryl methyl sites for hydroxylation is 1. The standard InChI is InChI=1S/C23H23N3O4/c1-13(2)20(21(27)26-23(24)29)30-22(28)17-12-19(15-10-8-14(3)9-11-15)25-18-7-5-4-6-16(17)18/h4-13,20H,1-3H3,(H3,24,26,27,29)/t20-/m1/s1. The second-order valence-corrected chi connectivity index (χ2v) is 7.36. The lowest BCUT2D eigenvalue weighted by atomic mass is 10.0. The van der Waals surface area contributed by atoms with Crippen LogP contribution in [0.1, 0.15) is 29.8 Å². The molecule has 0 radical (unpaired) electrons. The number of imide groups is 1. The molecule has 154 valence electrons. The highest BCUT2D eigenvalue weighted by Gasteiger charge is 2.29. The van der Waals surface area contributed by atoms with Crippen LogP contribution in [-0.2, 0) is 9.53 Å². The Kier molecular flexibility index (Phi) is 6.11. The third kappa shape index (κ3) is 4.63. The van der Waals surface area contributed by atoms with Gasteiger partial charge < -0.3 is 10.5 Å². The summed E-state index contributed by atoms with van der Waals surface area (Å²) in [5.41, 5.74) is 8.52. The molecule has 0 aliphatic carbocycles. The van der Waals surface area contributed by atoms with Gasteiger partial charge in [0.25, 0.3) is 5.91 Å². The van der Waals surface area contributed by atoms with Crippen LogP contribution >= 0.6 is 0 Å². The third-order valence-electron chi connectivity index (χ3n) is 4.63. The van der Waals surface area contributed by atoms with Gasteiger partial charge in [0.1, 0.15) is 0 Å². The van der Waals surface area contributed by atoms with E-state index in [2.05, 4.69) is 4.98 Å². The first-order chi connectivity index (χ1) is 14.3. The first kappa shape index (κ1) is 21.0. The van der Waals surface area contributed by atoms with Gasteiger partial charge in [0.15, 0.2) is 6.10 Å². The minimum absolute atomic E-state index is 0.286. The van der Waals surface area contributed by atoms with Crippen LogP contribution < -0.4 is 11.1 Å². The number of nitrogens with two attached hydrogens (primary N) is 1. The van der Waals surface area contributed by atoms with E-state index in [9.17, 15) is 14.4 Å². The van der Waals surface area contributed by atoms with E-state index in [0.29, 0.717) is 16.6 Å². The highest BCUT2D eigenvalue weighted by molar-refractivity contribution is 6.06. The number of pyridine rings is 1. The molecule has 1 heterocycles. The molecule has 1 atom stereocenters. The van der Waals surface area contributed by atoms with E-state index in [1.54, 1.807) is 32.0 Å². The van der Waals surface area contributed by atoms with E-state index in [-0.39, 0.29) is 11.5 Å². The van der Waals surface area contributed by atoms with Crippen LogP contribution in [0.3, 0.4) is 0 Å². The van der Waals surface area contributed by atoms with Crippen LogP contribution in [-0.4, -0.2) is 29.0 Å². The van der Waals surface area contributed by atoms with Gasteiger partial charge in [0.2, 0.25) is 0 Å². The molecule has 3 aromatic rings. The molecule has 7 nitrogen and oxygen atoms in total. The first-order valence-corrected chi connectivity index (χ1v) is 9.54. The Hall–Kier alpha value is -3.74. The fourth-order valence-electron chi connectivity index (χ4n) is 3.08. The van der Waals surface area contributed by atoms with Crippen molar-refractivity contribution >= 4 is 28.8 Å². The quantitative estimate of drug-likeness (QED) is 0.630. The Balaban J connectivity index is 2.02. The van der Waals surface area contributed by atoms with Gasteiger partial charge in [0, 0.05) is 10.9 Å². The van der Waals surface area contributed by atoms with Crippen LogP contribution in [0.25, 0.3) is 22.2 Å². The van der Waals surface area contributed by atoms with Crippen LogP contribution in [0.5, 0.6) is 0 Å². The molecule has 0 spiro atoms. The van der Waals surface area contributed by atoms with Gasteiger partial charge in [-0.2, -0.15) is 0 Å². The number of aromatic nitrogens is 1. The lowest BCUT2D eigenvalue weighted by Crippen LogP contribution is -2.45. The summed E-state index contributed by atoms with van der Waals surface area (Å²) in [6.45, 7) is 5.41. The van der Waals surface area contributed by atoms with Crippen LogP contribution in [0, 0.1) is 12.8 Å². The zero-order valence-electron chi connectivity index (χ0n) is 17.0. The summed E-state index contributed by atoms with van der Waals surface area (Å²) in [7, 11) is 0.